The number of nitrogens with one attached hydrogen (secondary N) is 1. The normalized spacial score (nSPS) is 12.6. The fraction of sp³-hybridized carbons (Fsp3) is 0.375. The third kappa shape index (κ3) is 7.78. The summed E-state index contributed by atoms with van der Waals surface area (Å²) >= 11 is 0.637. The van der Waals surface area contributed by atoms with E-state index in [-0.39, 0.29) is 20.9 Å². The maximum Gasteiger partial charge on any atom is 0.417 e. The molecule has 11 heteroatoms. The Bertz CT molecular complexity index is 1150. The van der Waals surface area contributed by atoms with E-state index in [1.807, 2.05) is 0 Å². The monoisotopic (exact) mass is 519 g/mol. The summed E-state index contributed by atoms with van der Waals surface area (Å²) in [5.74, 6) is -2.60. The molecule has 1 amide bonds. The first kappa shape index (κ1) is 28.3. The lowest BCUT2D eigenvalue weighted by molar-refractivity contribution is -0.142. The number of carbonyl (C=O) groups excluding carboxylic acids is 3. The molecule has 2 rings (SSSR count). The summed E-state index contributed by atoms with van der Waals surface area (Å²) in [6.07, 6.45) is -10.9. The first-order valence-electron chi connectivity index (χ1n) is 10.4. The quantitative estimate of drug-likeness (QED) is 0.248. The van der Waals surface area contributed by atoms with E-state index in [9.17, 15) is 40.7 Å². The Morgan fingerprint density at radius 1 is 0.914 bits per heavy atom. The van der Waals surface area contributed by atoms with E-state index in [0.29, 0.717) is 28.5 Å². The third-order valence-corrected chi connectivity index (χ3v) is 6.57. The molecular weight excluding hydrogens is 496 g/mol. The van der Waals surface area contributed by atoms with Crippen molar-refractivity contribution < 1.29 is 40.7 Å². The van der Waals surface area contributed by atoms with Gasteiger partial charge < -0.3 is 5.32 Å². The molecule has 4 nitrogen and oxygen atoms in total. The van der Waals surface area contributed by atoms with Crippen molar-refractivity contribution in [3.8, 4) is 0 Å². The summed E-state index contributed by atoms with van der Waals surface area (Å²) in [6.45, 7) is 5.93. The molecule has 1 heterocycles. The van der Waals surface area contributed by atoms with Crippen LogP contribution < -0.4 is 5.32 Å². The van der Waals surface area contributed by atoms with Gasteiger partial charge >= 0.3 is 12.4 Å². The summed E-state index contributed by atoms with van der Waals surface area (Å²) in [6, 6.07) is 3.95. The molecule has 0 aliphatic rings. The molecule has 0 radical (unpaired) electrons. The molecule has 0 aliphatic heterocycles. The summed E-state index contributed by atoms with van der Waals surface area (Å²) < 4.78 is 77.9. The van der Waals surface area contributed by atoms with E-state index in [1.165, 1.54) is 25.1 Å². The standard InChI is InChI=1S/C24H23F6NO3S/c1-12-7-16(8-13(2)15(12)4)18(24(28,29)30)10-19(33)20-9-14(3)21(35-20)22(34)31-11-17(32)5-6-23(25,26)27/h7-10H,5-6,11H2,1-4H3,(H,31,34). The number of amides is 1. The zero-order valence-corrected chi connectivity index (χ0v) is 20.1. The van der Waals surface area contributed by atoms with Crippen LogP contribution in [0.15, 0.2) is 24.3 Å². The average Bonchev–Trinajstić information content (AvgIpc) is 3.12. The molecule has 1 aromatic carbocycles. The highest BCUT2D eigenvalue weighted by atomic mass is 32.1. The number of aryl methyl sites for hydroxylation is 3. The van der Waals surface area contributed by atoms with E-state index in [4.69, 9.17) is 0 Å². The van der Waals surface area contributed by atoms with Gasteiger partial charge in [-0.05, 0) is 67.7 Å². The number of hydrogen-bond donors (Lipinski definition) is 1. The van der Waals surface area contributed by atoms with Gasteiger partial charge in [-0.1, -0.05) is 12.1 Å². The number of thiophene rings is 1. The fourth-order valence-corrected chi connectivity index (χ4v) is 4.18. The molecular formula is C24H23F6NO3S. The van der Waals surface area contributed by atoms with E-state index in [2.05, 4.69) is 5.32 Å². The molecule has 0 saturated carbocycles. The Labute approximate surface area is 202 Å². The van der Waals surface area contributed by atoms with Crippen LogP contribution in [-0.2, 0) is 4.79 Å². The number of benzene rings is 1. The lowest BCUT2D eigenvalue weighted by Crippen LogP contribution is -2.29. The molecule has 0 unspecified atom stereocenters. The van der Waals surface area contributed by atoms with Crippen LogP contribution in [-0.4, -0.2) is 36.4 Å². The van der Waals surface area contributed by atoms with Crippen LogP contribution in [0.4, 0.5) is 26.3 Å². The van der Waals surface area contributed by atoms with Gasteiger partial charge in [0.15, 0.2) is 11.6 Å². The summed E-state index contributed by atoms with van der Waals surface area (Å²) in [5, 5.41) is 2.18. The van der Waals surface area contributed by atoms with Crippen LogP contribution in [0.3, 0.4) is 0 Å². The minimum atomic E-state index is -4.81. The van der Waals surface area contributed by atoms with E-state index in [1.54, 1.807) is 20.8 Å². The largest absolute Gasteiger partial charge is 0.417 e. The summed E-state index contributed by atoms with van der Waals surface area (Å²) in [7, 11) is 0. The predicted molar refractivity (Wildman–Crippen MR) is 121 cm³/mol. The average molecular weight is 520 g/mol. The second kappa shape index (κ2) is 10.8. The number of Topliss-reactive ketones (excluding diaryl/α,β-unsaturated/α-hetero) is 1. The second-order valence-corrected chi connectivity index (χ2v) is 9.17. The fourth-order valence-electron chi connectivity index (χ4n) is 3.18. The Morgan fingerprint density at radius 2 is 1.49 bits per heavy atom. The van der Waals surface area contributed by atoms with Crippen LogP contribution >= 0.6 is 11.3 Å². The Balaban J connectivity index is 2.25. The molecule has 0 atom stereocenters. The van der Waals surface area contributed by atoms with Crippen molar-refractivity contribution in [2.24, 2.45) is 0 Å². The zero-order chi connectivity index (χ0) is 26.7. The highest BCUT2D eigenvalue weighted by Gasteiger charge is 2.36. The molecule has 0 fully saturated rings. The van der Waals surface area contributed by atoms with Gasteiger partial charge in [-0.15, -0.1) is 11.3 Å². The van der Waals surface area contributed by atoms with Crippen LogP contribution in [0.25, 0.3) is 5.57 Å². The SMILES string of the molecule is Cc1cc(C(=O)C=C(c2cc(C)c(C)c(C)c2)C(F)(F)F)sc1C(=O)NCC(=O)CCC(F)(F)F. The first-order chi connectivity index (χ1) is 16.0. The number of alkyl halides is 6. The zero-order valence-electron chi connectivity index (χ0n) is 19.3. The number of rotatable bonds is 8. The first-order valence-corrected chi connectivity index (χ1v) is 11.2. The van der Waals surface area contributed by atoms with Gasteiger partial charge in [0.05, 0.1) is 28.3 Å². The smallest absolute Gasteiger partial charge is 0.344 e. The van der Waals surface area contributed by atoms with E-state index < -0.39 is 54.8 Å². The molecule has 1 N–H and O–H groups in total. The maximum atomic E-state index is 13.8. The van der Waals surface area contributed by atoms with Crippen LogP contribution in [0.5, 0.6) is 0 Å². The minimum Gasteiger partial charge on any atom is -0.344 e. The summed E-state index contributed by atoms with van der Waals surface area (Å²) in [4.78, 5) is 36.4. The third-order valence-electron chi connectivity index (χ3n) is 5.32. The second-order valence-electron chi connectivity index (χ2n) is 8.11. The van der Waals surface area contributed by atoms with Crippen LogP contribution in [0.1, 0.15) is 60.0 Å². The molecule has 190 valence electrons. The van der Waals surface area contributed by atoms with Crippen molar-refractivity contribution in [3.63, 3.8) is 0 Å². The van der Waals surface area contributed by atoms with Crippen LogP contribution in [0, 0.1) is 27.7 Å². The van der Waals surface area contributed by atoms with Crippen LogP contribution in [0.2, 0.25) is 0 Å². The van der Waals surface area contributed by atoms with Gasteiger partial charge in [0.1, 0.15) is 0 Å². The minimum absolute atomic E-state index is 0.0269. The lowest BCUT2D eigenvalue weighted by Gasteiger charge is -2.15. The van der Waals surface area contributed by atoms with E-state index >= 15 is 0 Å². The topological polar surface area (TPSA) is 63.2 Å². The van der Waals surface area contributed by atoms with Crippen molar-refractivity contribution in [2.75, 3.05) is 6.54 Å². The number of halogens is 6. The van der Waals surface area contributed by atoms with Gasteiger partial charge in [0.25, 0.3) is 5.91 Å². The molecule has 1 aromatic heterocycles. The van der Waals surface area contributed by atoms with Crippen molar-refractivity contribution in [1.82, 2.24) is 5.32 Å². The number of hydrogen-bond acceptors (Lipinski definition) is 4. The Hall–Kier alpha value is -2.95. The molecule has 2 aromatic rings. The number of ketones is 2. The Kier molecular flexibility index (Phi) is 8.70. The highest BCUT2D eigenvalue weighted by molar-refractivity contribution is 7.16. The van der Waals surface area contributed by atoms with Gasteiger partial charge in [-0.25, -0.2) is 0 Å². The lowest BCUT2D eigenvalue weighted by atomic mass is 9.95. The van der Waals surface area contributed by atoms with E-state index in [0.717, 1.165) is 5.56 Å². The van der Waals surface area contributed by atoms with Crippen molar-refractivity contribution in [3.05, 3.63) is 61.8 Å². The Morgan fingerprint density at radius 3 is 2.00 bits per heavy atom. The van der Waals surface area contributed by atoms with Gasteiger partial charge in [-0.3, -0.25) is 14.4 Å². The molecule has 0 saturated heterocycles. The maximum absolute atomic E-state index is 13.8. The highest BCUT2D eigenvalue weighted by Crippen LogP contribution is 2.36. The number of carbonyl (C=O) groups is 3. The molecule has 0 bridgehead atoms. The van der Waals surface area contributed by atoms with Gasteiger partial charge in [0, 0.05) is 6.42 Å². The summed E-state index contributed by atoms with van der Waals surface area (Å²) in [5.41, 5.74) is 1.11. The van der Waals surface area contributed by atoms with Gasteiger partial charge in [0.2, 0.25) is 0 Å². The number of allylic oxidation sites excluding steroid dienone is 2. The van der Waals surface area contributed by atoms with Crippen molar-refractivity contribution >= 4 is 34.4 Å². The molecule has 35 heavy (non-hydrogen) atoms. The van der Waals surface area contributed by atoms with Gasteiger partial charge in [-0.2, -0.15) is 26.3 Å². The molecule has 0 spiro atoms. The van der Waals surface area contributed by atoms with Crippen molar-refractivity contribution in [1.29, 1.82) is 0 Å². The molecule has 0 aliphatic carbocycles. The predicted octanol–water partition coefficient (Wildman–Crippen LogP) is 6.45. The van der Waals surface area contributed by atoms with Crippen molar-refractivity contribution in [2.45, 2.75) is 52.9 Å².